The fraction of sp³-hybridized carbons (Fsp3) is 0.421. The Morgan fingerprint density at radius 1 is 1.26 bits per heavy atom. The summed E-state index contributed by atoms with van der Waals surface area (Å²) in [5.41, 5.74) is 0.759. The highest BCUT2D eigenvalue weighted by molar-refractivity contribution is 6.00. The molecule has 1 saturated carbocycles. The number of nitrogens with one attached hydrogen (secondary N) is 2. The molecular weight excluding hydrogens is 355 g/mol. The molecule has 0 unspecified atom stereocenters. The number of carbonyl (C=O) groups excluding carboxylic acids is 3. The molecule has 3 amide bonds. The molecule has 0 bridgehead atoms. The number of aryl methyl sites for hydroxylation is 1. The Kier molecular flexibility index (Phi) is 5.43. The third-order valence-electron chi connectivity index (χ3n) is 4.66. The highest BCUT2D eigenvalue weighted by Gasteiger charge is 2.26. The molecule has 27 heavy (non-hydrogen) atoms. The van der Waals surface area contributed by atoms with Crippen LogP contribution in [-0.2, 0) is 9.53 Å². The molecule has 1 fully saturated rings. The van der Waals surface area contributed by atoms with Crippen molar-refractivity contribution in [3.05, 3.63) is 35.3 Å². The van der Waals surface area contributed by atoms with Crippen molar-refractivity contribution in [3.63, 3.8) is 0 Å². The number of benzene rings is 1. The first-order chi connectivity index (χ1) is 12.8. The number of imide groups is 1. The number of furan rings is 1. The van der Waals surface area contributed by atoms with Gasteiger partial charge in [0.2, 0.25) is 5.76 Å². The van der Waals surface area contributed by atoms with E-state index in [1.54, 1.807) is 6.92 Å². The zero-order chi connectivity index (χ0) is 19.6. The van der Waals surface area contributed by atoms with Crippen LogP contribution in [0.5, 0.6) is 0 Å². The van der Waals surface area contributed by atoms with Crippen LogP contribution in [0, 0.1) is 12.7 Å². The maximum absolute atomic E-state index is 13.4. The summed E-state index contributed by atoms with van der Waals surface area (Å²) in [5, 5.41) is 5.34. The molecule has 1 aromatic heterocycles. The van der Waals surface area contributed by atoms with Crippen molar-refractivity contribution in [2.24, 2.45) is 0 Å². The number of carbonyl (C=O) groups is 3. The van der Waals surface area contributed by atoms with E-state index in [-0.39, 0.29) is 11.8 Å². The van der Waals surface area contributed by atoms with Crippen molar-refractivity contribution in [3.8, 4) is 0 Å². The highest BCUT2D eigenvalue weighted by atomic mass is 19.1. The van der Waals surface area contributed by atoms with E-state index in [2.05, 4.69) is 10.6 Å². The van der Waals surface area contributed by atoms with Crippen LogP contribution < -0.4 is 10.6 Å². The number of hydrogen-bond acceptors (Lipinski definition) is 5. The Morgan fingerprint density at radius 2 is 1.96 bits per heavy atom. The first-order valence-electron chi connectivity index (χ1n) is 8.86. The Hall–Kier alpha value is -2.90. The van der Waals surface area contributed by atoms with Crippen molar-refractivity contribution in [1.82, 2.24) is 10.6 Å². The van der Waals surface area contributed by atoms with E-state index in [0.29, 0.717) is 16.5 Å². The van der Waals surface area contributed by atoms with Crippen molar-refractivity contribution < 1.29 is 27.9 Å². The number of amides is 3. The minimum absolute atomic E-state index is 0.0641. The van der Waals surface area contributed by atoms with Crippen LogP contribution >= 0.6 is 0 Å². The van der Waals surface area contributed by atoms with Gasteiger partial charge in [0.1, 0.15) is 11.4 Å². The minimum Gasteiger partial charge on any atom is -0.449 e. The molecule has 3 rings (SSSR count). The van der Waals surface area contributed by atoms with Crippen molar-refractivity contribution in [2.75, 3.05) is 0 Å². The summed E-state index contributed by atoms with van der Waals surface area (Å²) in [6, 6.07) is 3.35. The molecule has 1 aliphatic rings. The number of esters is 1. The van der Waals surface area contributed by atoms with Gasteiger partial charge in [0.15, 0.2) is 6.10 Å². The average Bonchev–Trinajstić information content (AvgIpc) is 3.23. The van der Waals surface area contributed by atoms with Crippen molar-refractivity contribution in [2.45, 2.75) is 51.7 Å². The molecule has 1 heterocycles. The molecule has 8 heteroatoms. The van der Waals surface area contributed by atoms with Crippen LogP contribution in [0.25, 0.3) is 11.0 Å². The van der Waals surface area contributed by atoms with Crippen LogP contribution in [-0.4, -0.2) is 30.1 Å². The van der Waals surface area contributed by atoms with E-state index >= 15 is 0 Å². The van der Waals surface area contributed by atoms with Gasteiger partial charge in [-0.15, -0.1) is 0 Å². The van der Waals surface area contributed by atoms with E-state index in [1.807, 2.05) is 0 Å². The lowest BCUT2D eigenvalue weighted by atomic mass is 10.1. The second kappa shape index (κ2) is 7.77. The Labute approximate surface area is 155 Å². The van der Waals surface area contributed by atoms with Crippen LogP contribution in [0.4, 0.5) is 9.18 Å². The van der Waals surface area contributed by atoms with Crippen LogP contribution in [0.3, 0.4) is 0 Å². The zero-order valence-corrected chi connectivity index (χ0v) is 15.1. The molecule has 1 aliphatic carbocycles. The summed E-state index contributed by atoms with van der Waals surface area (Å²) < 4.78 is 23.9. The molecule has 144 valence electrons. The largest absolute Gasteiger partial charge is 0.449 e. The fourth-order valence-electron chi connectivity index (χ4n) is 3.16. The Balaban J connectivity index is 1.60. The zero-order valence-electron chi connectivity index (χ0n) is 15.1. The number of ether oxygens (including phenoxy) is 1. The van der Waals surface area contributed by atoms with Gasteiger partial charge in [-0.05, 0) is 44.9 Å². The molecule has 7 nitrogen and oxygen atoms in total. The van der Waals surface area contributed by atoms with Gasteiger partial charge in [-0.2, -0.15) is 0 Å². The predicted molar refractivity (Wildman–Crippen MR) is 94.7 cm³/mol. The molecule has 1 atom stereocenters. The highest BCUT2D eigenvalue weighted by Crippen LogP contribution is 2.26. The molecule has 0 saturated heterocycles. The maximum atomic E-state index is 13.4. The number of rotatable bonds is 4. The fourth-order valence-corrected chi connectivity index (χ4v) is 3.16. The summed E-state index contributed by atoms with van der Waals surface area (Å²) in [6.07, 6.45) is 2.67. The van der Waals surface area contributed by atoms with Gasteiger partial charge in [-0.3, -0.25) is 10.1 Å². The number of hydrogen-bond donors (Lipinski definition) is 2. The summed E-state index contributed by atoms with van der Waals surface area (Å²) in [5.74, 6) is -2.15. The van der Waals surface area contributed by atoms with E-state index in [9.17, 15) is 18.8 Å². The molecule has 2 N–H and O–H groups in total. The van der Waals surface area contributed by atoms with Gasteiger partial charge in [0.25, 0.3) is 5.91 Å². The molecule has 0 spiro atoms. The first kappa shape index (κ1) is 18.9. The van der Waals surface area contributed by atoms with Crippen LogP contribution in [0.15, 0.2) is 22.6 Å². The van der Waals surface area contributed by atoms with Crippen molar-refractivity contribution >= 4 is 28.9 Å². The monoisotopic (exact) mass is 376 g/mol. The van der Waals surface area contributed by atoms with E-state index < -0.39 is 29.8 Å². The average molecular weight is 376 g/mol. The lowest BCUT2D eigenvalue weighted by Crippen LogP contribution is -2.47. The summed E-state index contributed by atoms with van der Waals surface area (Å²) in [4.78, 5) is 36.2. The Bertz CT molecular complexity index is 886. The molecule has 2 aromatic rings. The third kappa shape index (κ3) is 4.27. The van der Waals surface area contributed by atoms with Gasteiger partial charge < -0.3 is 14.5 Å². The smallest absolute Gasteiger partial charge is 0.375 e. The normalized spacial score (nSPS) is 15.5. The van der Waals surface area contributed by atoms with E-state index in [0.717, 1.165) is 25.7 Å². The van der Waals surface area contributed by atoms with Gasteiger partial charge in [0.05, 0.1) is 0 Å². The SMILES string of the molecule is Cc1c(C(=O)O[C@H](C)C(=O)NC(=O)NC2CCCC2)oc2ccc(F)cc12. The molecular formula is C19H21FN2O5. The molecule has 0 aliphatic heterocycles. The Morgan fingerprint density at radius 3 is 2.67 bits per heavy atom. The van der Waals surface area contributed by atoms with E-state index in [1.165, 1.54) is 25.1 Å². The number of halogens is 1. The topological polar surface area (TPSA) is 97.6 Å². The first-order valence-corrected chi connectivity index (χ1v) is 8.86. The van der Waals surface area contributed by atoms with Crippen LogP contribution in [0.2, 0.25) is 0 Å². The van der Waals surface area contributed by atoms with Crippen molar-refractivity contribution in [1.29, 1.82) is 0 Å². The number of fused-ring (bicyclic) bond motifs is 1. The molecule has 0 radical (unpaired) electrons. The van der Waals surface area contributed by atoms with Gasteiger partial charge in [-0.25, -0.2) is 14.0 Å². The third-order valence-corrected chi connectivity index (χ3v) is 4.66. The van der Waals surface area contributed by atoms with Gasteiger partial charge in [0, 0.05) is 17.0 Å². The van der Waals surface area contributed by atoms with Gasteiger partial charge >= 0.3 is 12.0 Å². The second-order valence-electron chi connectivity index (χ2n) is 6.69. The second-order valence-corrected chi connectivity index (χ2v) is 6.69. The minimum atomic E-state index is -1.20. The summed E-state index contributed by atoms with van der Waals surface area (Å²) >= 11 is 0. The summed E-state index contributed by atoms with van der Waals surface area (Å²) in [7, 11) is 0. The number of urea groups is 1. The molecule has 1 aromatic carbocycles. The lowest BCUT2D eigenvalue weighted by Gasteiger charge is -2.15. The quantitative estimate of drug-likeness (QED) is 0.799. The van der Waals surface area contributed by atoms with Crippen LogP contribution in [0.1, 0.15) is 48.7 Å². The lowest BCUT2D eigenvalue weighted by molar-refractivity contribution is -0.128. The maximum Gasteiger partial charge on any atom is 0.375 e. The standard InChI is InChI=1S/C19H21FN2O5/c1-10-14-9-12(20)7-8-15(14)27-16(10)18(24)26-11(2)17(23)22-19(25)21-13-5-3-4-6-13/h7-9,11,13H,3-6H2,1-2H3,(H2,21,22,23,25)/t11-/m1/s1. The van der Waals surface area contributed by atoms with Gasteiger partial charge in [-0.1, -0.05) is 12.8 Å². The van der Waals surface area contributed by atoms with E-state index in [4.69, 9.17) is 9.15 Å². The predicted octanol–water partition coefficient (Wildman–Crippen LogP) is 3.19. The summed E-state index contributed by atoms with van der Waals surface area (Å²) in [6.45, 7) is 2.95.